The van der Waals surface area contributed by atoms with Crippen molar-refractivity contribution in [3.63, 3.8) is 0 Å². The van der Waals surface area contributed by atoms with Crippen LogP contribution in [0.4, 0.5) is 14.5 Å². The Hall–Kier alpha value is -1.91. The molecule has 11 heteroatoms. The van der Waals surface area contributed by atoms with E-state index in [9.17, 15) is 28.4 Å². The van der Waals surface area contributed by atoms with Crippen LogP contribution in [0.15, 0.2) is 12.1 Å². The molecule has 1 aliphatic heterocycles. The number of amides is 2. The van der Waals surface area contributed by atoms with Crippen molar-refractivity contribution < 1.29 is 28.4 Å². The molecule has 0 radical (unpaired) electrons. The Morgan fingerprint density at radius 3 is 2.39 bits per heavy atom. The predicted octanol–water partition coefficient (Wildman–Crippen LogP) is 0.856. The zero-order valence-corrected chi connectivity index (χ0v) is 16.3. The van der Waals surface area contributed by atoms with E-state index in [0.717, 1.165) is 12.1 Å². The lowest BCUT2D eigenvalue weighted by Crippen LogP contribution is -2.58. The topological polar surface area (TPSA) is 102 Å². The molecule has 7 nitrogen and oxygen atoms in total. The second-order valence-corrected chi connectivity index (χ2v) is 7.59. The molecule has 0 bridgehead atoms. The molecule has 28 heavy (non-hydrogen) atoms. The summed E-state index contributed by atoms with van der Waals surface area (Å²) in [6.07, 6.45) is 0.725. The summed E-state index contributed by atoms with van der Waals surface area (Å²) in [5.74, 6) is -3.62. The van der Waals surface area contributed by atoms with Gasteiger partial charge in [-0.05, 0) is 30.9 Å². The monoisotopic (exact) mass is 417 g/mol. The van der Waals surface area contributed by atoms with Crippen LogP contribution in [0, 0.1) is 17.6 Å². The molecule has 0 saturated carbocycles. The number of halogens is 3. The van der Waals surface area contributed by atoms with Gasteiger partial charge in [0.05, 0.1) is 12.5 Å². The van der Waals surface area contributed by atoms with Crippen molar-refractivity contribution in [3.8, 4) is 0 Å². The maximum absolute atomic E-state index is 14.0. The van der Waals surface area contributed by atoms with Crippen LogP contribution < -0.4 is 15.5 Å². The molecule has 2 rings (SSSR count). The van der Waals surface area contributed by atoms with Gasteiger partial charge in [0, 0.05) is 11.6 Å². The summed E-state index contributed by atoms with van der Waals surface area (Å²) < 4.78 is 28.1. The third-order valence-electron chi connectivity index (χ3n) is 4.45. The second kappa shape index (κ2) is 9.53. The molecule has 2 atom stereocenters. The zero-order chi connectivity index (χ0) is 21.0. The lowest BCUT2D eigenvalue weighted by Gasteiger charge is -2.41. The molecule has 2 amide bonds. The summed E-state index contributed by atoms with van der Waals surface area (Å²) in [5, 5.41) is 23.4. The molecule has 1 aromatic rings. The molecule has 0 aliphatic carbocycles. The molecule has 0 spiro atoms. The molecule has 0 aromatic heterocycles. The molecule has 1 fully saturated rings. The Labute approximate surface area is 167 Å². The van der Waals surface area contributed by atoms with Crippen molar-refractivity contribution in [1.29, 1.82) is 0 Å². The minimum Gasteiger partial charge on any atom is -0.426 e. The van der Waals surface area contributed by atoms with Crippen molar-refractivity contribution in [1.82, 2.24) is 10.6 Å². The molecule has 1 aromatic carbocycles. The average Bonchev–Trinajstić information content (AvgIpc) is 2.53. The molecular formula is C17H23BClF2N3O4. The van der Waals surface area contributed by atoms with Gasteiger partial charge in [-0.2, -0.15) is 0 Å². The van der Waals surface area contributed by atoms with Gasteiger partial charge in [0.1, 0.15) is 11.7 Å². The van der Waals surface area contributed by atoms with Gasteiger partial charge in [-0.25, -0.2) is 8.78 Å². The fourth-order valence-corrected chi connectivity index (χ4v) is 3.23. The number of carbonyl (C=O) groups is 2. The number of rotatable bonds is 8. The van der Waals surface area contributed by atoms with Gasteiger partial charge in [-0.1, -0.05) is 25.4 Å². The standard InChI is InChI=1S/C17H23BClF2N3O4/c1-9(2)5-14(18(27)28)23-15(25)8-22-17(26)13-3-4-24(13)16-11(20)6-10(19)7-12(16)21/h6-7,9,13-14,27-28H,3-5,8H2,1-2H3,(H,22,26)(H,23,25). The molecule has 1 aliphatic rings. The smallest absolute Gasteiger partial charge is 0.426 e. The van der Waals surface area contributed by atoms with Crippen LogP contribution in [0.1, 0.15) is 26.7 Å². The molecule has 2 unspecified atom stereocenters. The largest absolute Gasteiger partial charge is 0.475 e. The number of nitrogens with one attached hydrogen (secondary N) is 2. The van der Waals surface area contributed by atoms with Crippen LogP contribution in [0.2, 0.25) is 5.02 Å². The second-order valence-electron chi connectivity index (χ2n) is 7.15. The van der Waals surface area contributed by atoms with Crippen LogP contribution in [0.25, 0.3) is 0 Å². The lowest BCUT2D eigenvalue weighted by atomic mass is 9.75. The predicted molar refractivity (Wildman–Crippen MR) is 102 cm³/mol. The average molecular weight is 418 g/mol. The normalized spacial score (nSPS) is 17.1. The van der Waals surface area contributed by atoms with Gasteiger partial charge in [0.2, 0.25) is 11.8 Å². The SMILES string of the molecule is CC(C)CC(NC(=O)CNC(=O)C1CCN1c1c(F)cc(Cl)cc1F)B(O)O. The van der Waals surface area contributed by atoms with Crippen molar-refractivity contribution in [3.05, 3.63) is 28.8 Å². The van der Waals surface area contributed by atoms with Gasteiger partial charge >= 0.3 is 7.12 Å². The highest BCUT2D eigenvalue weighted by Crippen LogP contribution is 2.33. The Morgan fingerprint density at radius 1 is 1.32 bits per heavy atom. The number of nitrogens with zero attached hydrogens (tertiary/aromatic N) is 1. The summed E-state index contributed by atoms with van der Waals surface area (Å²) in [4.78, 5) is 25.5. The number of benzene rings is 1. The third kappa shape index (κ3) is 5.56. The maximum Gasteiger partial charge on any atom is 0.475 e. The fourth-order valence-electron chi connectivity index (χ4n) is 3.04. The lowest BCUT2D eigenvalue weighted by molar-refractivity contribution is -0.127. The van der Waals surface area contributed by atoms with E-state index in [0.29, 0.717) is 12.8 Å². The quantitative estimate of drug-likeness (QED) is 0.470. The van der Waals surface area contributed by atoms with E-state index >= 15 is 0 Å². The van der Waals surface area contributed by atoms with Crippen LogP contribution in [0.5, 0.6) is 0 Å². The van der Waals surface area contributed by atoms with Crippen molar-refractivity contribution in [2.24, 2.45) is 5.92 Å². The summed E-state index contributed by atoms with van der Waals surface area (Å²) in [6.45, 7) is 3.62. The highest BCUT2D eigenvalue weighted by atomic mass is 35.5. The van der Waals surface area contributed by atoms with Gasteiger partial charge in [0.25, 0.3) is 0 Å². The Balaban J connectivity index is 1.92. The molecular weight excluding hydrogens is 394 g/mol. The van der Waals surface area contributed by atoms with Gasteiger partial charge in [-0.3, -0.25) is 9.59 Å². The number of anilines is 1. The number of hydrogen-bond acceptors (Lipinski definition) is 5. The third-order valence-corrected chi connectivity index (χ3v) is 4.66. The van der Waals surface area contributed by atoms with E-state index in [1.165, 1.54) is 4.90 Å². The van der Waals surface area contributed by atoms with Crippen LogP contribution >= 0.6 is 11.6 Å². The Bertz CT molecular complexity index is 715. The summed E-state index contributed by atoms with van der Waals surface area (Å²) in [6, 6.07) is 1.12. The molecule has 4 N–H and O–H groups in total. The van der Waals surface area contributed by atoms with E-state index < -0.39 is 49.1 Å². The van der Waals surface area contributed by atoms with Gasteiger partial charge in [-0.15, -0.1) is 0 Å². The van der Waals surface area contributed by atoms with E-state index in [1.54, 1.807) is 0 Å². The first-order valence-corrected chi connectivity index (χ1v) is 9.32. The number of carbonyl (C=O) groups excluding carboxylic acids is 2. The van der Waals surface area contributed by atoms with Crippen LogP contribution in [-0.2, 0) is 9.59 Å². The Morgan fingerprint density at radius 2 is 1.93 bits per heavy atom. The van der Waals surface area contributed by atoms with Crippen molar-refractivity contribution >= 4 is 36.2 Å². The summed E-state index contributed by atoms with van der Waals surface area (Å²) >= 11 is 5.61. The maximum atomic E-state index is 14.0. The highest BCUT2D eigenvalue weighted by Gasteiger charge is 2.37. The van der Waals surface area contributed by atoms with Gasteiger partial charge in [0.15, 0.2) is 11.6 Å². The van der Waals surface area contributed by atoms with E-state index in [2.05, 4.69) is 10.6 Å². The van der Waals surface area contributed by atoms with E-state index in [-0.39, 0.29) is 23.2 Å². The minimum atomic E-state index is -1.72. The molecule has 1 saturated heterocycles. The first-order valence-electron chi connectivity index (χ1n) is 8.94. The zero-order valence-electron chi connectivity index (χ0n) is 15.6. The van der Waals surface area contributed by atoms with E-state index in [1.807, 2.05) is 13.8 Å². The number of hydrogen-bond donors (Lipinski definition) is 4. The van der Waals surface area contributed by atoms with Crippen molar-refractivity contribution in [2.75, 3.05) is 18.0 Å². The van der Waals surface area contributed by atoms with E-state index in [4.69, 9.17) is 11.6 Å². The highest BCUT2D eigenvalue weighted by molar-refractivity contribution is 6.43. The first-order chi connectivity index (χ1) is 13.1. The van der Waals surface area contributed by atoms with Gasteiger partial charge < -0.3 is 25.6 Å². The first kappa shape index (κ1) is 22.4. The summed E-state index contributed by atoms with van der Waals surface area (Å²) in [7, 11) is -1.72. The minimum absolute atomic E-state index is 0.0843. The molecule has 154 valence electrons. The molecule has 1 heterocycles. The summed E-state index contributed by atoms with van der Waals surface area (Å²) in [5.41, 5.74) is -0.333. The Kier molecular flexibility index (Phi) is 7.62. The van der Waals surface area contributed by atoms with Crippen LogP contribution in [0.3, 0.4) is 0 Å². The van der Waals surface area contributed by atoms with Crippen LogP contribution in [-0.4, -0.2) is 54.1 Å². The fraction of sp³-hybridized carbons (Fsp3) is 0.529. The van der Waals surface area contributed by atoms with Crippen molar-refractivity contribution in [2.45, 2.75) is 38.7 Å².